The second-order valence-corrected chi connectivity index (χ2v) is 8.21. The standard InChI is InChI=1S/C23H27FN8O2/c1-12(33)20-27-10-15(11-28-20)34-23-30-21-18(16-8-13(24)9-17(26-3)19(16)29-21)22(31-23)32-6-4-14(25-2)5-7-32/h4,8-10,12,25-26,33H,5-7,11H2,1-3H3,(H,27,28)(H,29,30,31). The molecule has 4 heterocycles. The van der Waals surface area contributed by atoms with Gasteiger partial charge in [0, 0.05) is 50.9 Å². The number of ether oxygens (including phenoxy) is 1. The van der Waals surface area contributed by atoms with E-state index >= 15 is 0 Å². The number of halogens is 1. The van der Waals surface area contributed by atoms with Crippen LogP contribution in [-0.4, -0.2) is 65.7 Å². The van der Waals surface area contributed by atoms with E-state index in [-0.39, 0.29) is 18.4 Å². The molecular formula is C23H27FN8O2. The molecule has 178 valence electrons. The van der Waals surface area contributed by atoms with Crippen LogP contribution in [0.2, 0.25) is 0 Å². The molecular weight excluding hydrogens is 439 g/mol. The molecule has 5 rings (SSSR count). The Kier molecular flexibility index (Phi) is 5.70. The maximum absolute atomic E-state index is 14.4. The molecule has 0 aliphatic carbocycles. The monoisotopic (exact) mass is 466 g/mol. The smallest absolute Gasteiger partial charge is 0.325 e. The van der Waals surface area contributed by atoms with Crippen molar-refractivity contribution in [3.63, 3.8) is 0 Å². The normalized spacial score (nSPS) is 17.1. The summed E-state index contributed by atoms with van der Waals surface area (Å²) in [6, 6.07) is 3.11. The molecule has 2 aliphatic rings. The molecule has 10 nitrogen and oxygen atoms in total. The van der Waals surface area contributed by atoms with Crippen molar-refractivity contribution in [2.45, 2.75) is 19.4 Å². The molecule has 1 unspecified atom stereocenters. The molecule has 1 atom stereocenters. The van der Waals surface area contributed by atoms with Gasteiger partial charge in [0.05, 0.1) is 16.6 Å². The van der Waals surface area contributed by atoms with Crippen molar-refractivity contribution < 1.29 is 14.2 Å². The summed E-state index contributed by atoms with van der Waals surface area (Å²) in [6.45, 7) is 3.28. The average molecular weight is 467 g/mol. The Bertz CT molecular complexity index is 1340. The Morgan fingerprint density at radius 3 is 2.74 bits per heavy atom. The number of anilines is 2. The number of amidine groups is 1. The number of hydrogen-bond acceptors (Lipinski definition) is 9. The predicted octanol–water partition coefficient (Wildman–Crippen LogP) is 2.21. The number of aromatic amines is 1. The van der Waals surface area contributed by atoms with Gasteiger partial charge in [-0.2, -0.15) is 9.97 Å². The summed E-state index contributed by atoms with van der Waals surface area (Å²) in [7, 11) is 3.66. The van der Waals surface area contributed by atoms with Gasteiger partial charge in [0.2, 0.25) is 0 Å². The lowest BCUT2D eigenvalue weighted by Gasteiger charge is -2.28. The van der Waals surface area contributed by atoms with Crippen LogP contribution >= 0.6 is 0 Å². The van der Waals surface area contributed by atoms with Crippen molar-refractivity contribution in [1.82, 2.24) is 25.6 Å². The van der Waals surface area contributed by atoms with Gasteiger partial charge in [-0.05, 0) is 25.1 Å². The third-order valence-electron chi connectivity index (χ3n) is 5.99. The van der Waals surface area contributed by atoms with Crippen molar-refractivity contribution in [1.29, 1.82) is 0 Å². The van der Waals surface area contributed by atoms with Crippen LogP contribution in [-0.2, 0) is 0 Å². The van der Waals surface area contributed by atoms with Crippen molar-refractivity contribution in [2.24, 2.45) is 4.99 Å². The third kappa shape index (κ3) is 3.98. The van der Waals surface area contributed by atoms with E-state index in [1.807, 2.05) is 7.05 Å². The second-order valence-electron chi connectivity index (χ2n) is 8.21. The number of hydrogen-bond donors (Lipinski definition) is 5. The maximum Gasteiger partial charge on any atom is 0.325 e. The molecule has 34 heavy (non-hydrogen) atoms. The second kappa shape index (κ2) is 8.82. The van der Waals surface area contributed by atoms with Crippen LogP contribution in [0.1, 0.15) is 13.3 Å². The van der Waals surface area contributed by atoms with E-state index in [2.05, 4.69) is 41.9 Å². The number of aliphatic hydroxyl groups excluding tert-OH is 1. The van der Waals surface area contributed by atoms with E-state index < -0.39 is 6.10 Å². The Morgan fingerprint density at radius 2 is 2.09 bits per heavy atom. The fourth-order valence-electron chi connectivity index (χ4n) is 4.23. The fourth-order valence-corrected chi connectivity index (χ4v) is 4.23. The molecule has 1 aromatic carbocycles. The Hall–Kier alpha value is -3.86. The van der Waals surface area contributed by atoms with Gasteiger partial charge in [0.25, 0.3) is 0 Å². The zero-order chi connectivity index (χ0) is 23.8. The Morgan fingerprint density at radius 1 is 1.24 bits per heavy atom. The van der Waals surface area contributed by atoms with E-state index in [0.29, 0.717) is 40.7 Å². The number of benzene rings is 1. The number of fused-ring (bicyclic) bond motifs is 3. The minimum absolute atomic E-state index is 0.160. The predicted molar refractivity (Wildman–Crippen MR) is 131 cm³/mol. The first-order chi connectivity index (χ1) is 16.5. The van der Waals surface area contributed by atoms with E-state index in [0.717, 1.165) is 23.9 Å². The molecule has 0 fully saturated rings. The number of nitrogens with one attached hydrogen (secondary N) is 4. The first-order valence-corrected chi connectivity index (χ1v) is 11.1. The molecule has 3 aromatic rings. The summed E-state index contributed by atoms with van der Waals surface area (Å²) in [5.41, 5.74) is 3.11. The van der Waals surface area contributed by atoms with Gasteiger partial charge in [-0.25, -0.2) is 4.39 Å². The van der Waals surface area contributed by atoms with Crippen LogP contribution in [0.25, 0.3) is 21.9 Å². The van der Waals surface area contributed by atoms with Gasteiger partial charge < -0.3 is 35.7 Å². The van der Waals surface area contributed by atoms with Gasteiger partial charge in [0.15, 0.2) is 0 Å². The minimum atomic E-state index is -0.695. The summed E-state index contributed by atoms with van der Waals surface area (Å²) in [4.78, 5) is 19.1. The molecule has 0 bridgehead atoms. The van der Waals surface area contributed by atoms with Crippen LogP contribution in [0.5, 0.6) is 6.01 Å². The number of aliphatic imine (C=N–C) groups is 1. The molecule has 0 saturated carbocycles. The SMILES string of the molecule is CNC1=CCN(c2nc(OC3=CNC(C(C)O)=NC3)nc3[nH]c4c(NC)cc(F)cc4c23)CC1. The molecule has 11 heteroatoms. The van der Waals surface area contributed by atoms with Gasteiger partial charge in [-0.1, -0.05) is 0 Å². The quantitative estimate of drug-likeness (QED) is 0.375. The highest BCUT2D eigenvalue weighted by Gasteiger charge is 2.23. The topological polar surface area (TPSA) is 123 Å². The van der Waals surface area contributed by atoms with E-state index in [1.54, 1.807) is 20.2 Å². The lowest BCUT2D eigenvalue weighted by Crippen LogP contribution is -2.33. The first-order valence-electron chi connectivity index (χ1n) is 11.1. The highest BCUT2D eigenvalue weighted by Crippen LogP contribution is 2.37. The maximum atomic E-state index is 14.4. The number of H-pyrrole nitrogens is 1. The largest absolute Gasteiger partial charge is 0.425 e. The molecule has 2 aromatic heterocycles. The summed E-state index contributed by atoms with van der Waals surface area (Å²) in [5.74, 6) is 1.32. The third-order valence-corrected chi connectivity index (χ3v) is 5.99. The van der Waals surface area contributed by atoms with Gasteiger partial charge in [-0.3, -0.25) is 4.99 Å². The molecule has 2 aliphatic heterocycles. The van der Waals surface area contributed by atoms with Gasteiger partial charge in [0.1, 0.15) is 41.5 Å². The summed E-state index contributed by atoms with van der Waals surface area (Å²) in [6.07, 6.45) is 3.90. The van der Waals surface area contributed by atoms with Crippen LogP contribution in [0.3, 0.4) is 0 Å². The van der Waals surface area contributed by atoms with Crippen LogP contribution < -0.4 is 25.6 Å². The summed E-state index contributed by atoms with van der Waals surface area (Å²) < 4.78 is 20.4. The lowest BCUT2D eigenvalue weighted by atomic mass is 10.1. The molecule has 0 spiro atoms. The molecule has 0 radical (unpaired) electrons. The first kappa shape index (κ1) is 22.0. The van der Waals surface area contributed by atoms with Gasteiger partial charge in [-0.15, -0.1) is 0 Å². The van der Waals surface area contributed by atoms with Crippen molar-refractivity contribution >= 4 is 39.3 Å². The van der Waals surface area contributed by atoms with Crippen molar-refractivity contribution in [2.75, 3.05) is 43.9 Å². The van der Waals surface area contributed by atoms with E-state index in [4.69, 9.17) is 9.72 Å². The van der Waals surface area contributed by atoms with Crippen LogP contribution in [0.15, 0.2) is 40.9 Å². The molecule has 0 amide bonds. The highest BCUT2D eigenvalue weighted by atomic mass is 19.1. The van der Waals surface area contributed by atoms with E-state index in [9.17, 15) is 9.50 Å². The Labute approximate surface area is 195 Å². The van der Waals surface area contributed by atoms with Crippen molar-refractivity contribution in [3.8, 4) is 6.01 Å². The number of aromatic nitrogens is 3. The number of rotatable bonds is 6. The van der Waals surface area contributed by atoms with Gasteiger partial charge >= 0.3 is 6.01 Å². The number of nitrogens with zero attached hydrogens (tertiary/aromatic N) is 4. The minimum Gasteiger partial charge on any atom is -0.425 e. The lowest BCUT2D eigenvalue weighted by molar-refractivity contribution is 0.257. The molecule has 0 saturated heterocycles. The molecule has 5 N–H and O–H groups in total. The van der Waals surface area contributed by atoms with Crippen molar-refractivity contribution in [3.05, 3.63) is 41.7 Å². The van der Waals surface area contributed by atoms with Crippen LogP contribution in [0.4, 0.5) is 15.9 Å². The van der Waals surface area contributed by atoms with E-state index in [1.165, 1.54) is 17.8 Å². The average Bonchev–Trinajstić information content (AvgIpc) is 3.21. The summed E-state index contributed by atoms with van der Waals surface area (Å²) >= 11 is 0. The number of aliphatic hydroxyl groups is 1. The zero-order valence-electron chi connectivity index (χ0n) is 19.2. The fraction of sp³-hybridized carbons (Fsp3) is 0.348. The highest BCUT2D eigenvalue weighted by molar-refractivity contribution is 6.14. The zero-order valence-corrected chi connectivity index (χ0v) is 19.2. The Balaban J connectivity index is 1.60. The summed E-state index contributed by atoms with van der Waals surface area (Å²) in [5, 5.41) is 20.3. The van der Waals surface area contributed by atoms with Crippen LogP contribution in [0, 0.1) is 5.82 Å².